The van der Waals surface area contributed by atoms with Gasteiger partial charge in [0.1, 0.15) is 5.75 Å². The van der Waals surface area contributed by atoms with E-state index >= 15 is 0 Å². The molecule has 0 fully saturated rings. The molecule has 0 atom stereocenters. The fourth-order valence-corrected chi connectivity index (χ4v) is 2.41. The Morgan fingerprint density at radius 1 is 1.04 bits per heavy atom. The second-order valence-corrected chi connectivity index (χ2v) is 5.63. The molecule has 0 bridgehead atoms. The van der Waals surface area contributed by atoms with Gasteiger partial charge in [-0.15, -0.1) is 0 Å². The highest BCUT2D eigenvalue weighted by Crippen LogP contribution is 2.23. The van der Waals surface area contributed by atoms with Gasteiger partial charge in [-0.3, -0.25) is 4.79 Å². The van der Waals surface area contributed by atoms with E-state index in [0.717, 1.165) is 12.1 Å². The molecular formula is C20H20N4O2. The second kappa shape index (κ2) is 8.11. The molecule has 26 heavy (non-hydrogen) atoms. The summed E-state index contributed by atoms with van der Waals surface area (Å²) in [5.74, 6) is 0.729. The maximum absolute atomic E-state index is 12.4. The van der Waals surface area contributed by atoms with Crippen molar-refractivity contribution in [1.29, 1.82) is 0 Å². The van der Waals surface area contributed by atoms with E-state index in [9.17, 15) is 4.79 Å². The van der Waals surface area contributed by atoms with E-state index in [2.05, 4.69) is 39.7 Å². The van der Waals surface area contributed by atoms with Crippen LogP contribution in [0.3, 0.4) is 0 Å². The van der Waals surface area contributed by atoms with Crippen molar-refractivity contribution in [1.82, 2.24) is 9.97 Å². The van der Waals surface area contributed by atoms with Crippen LogP contribution in [0.2, 0.25) is 0 Å². The van der Waals surface area contributed by atoms with Crippen molar-refractivity contribution >= 4 is 23.2 Å². The Morgan fingerprint density at radius 3 is 2.38 bits per heavy atom. The minimum Gasteiger partial charge on any atom is -0.495 e. The van der Waals surface area contributed by atoms with Crippen LogP contribution in [-0.4, -0.2) is 23.0 Å². The van der Waals surface area contributed by atoms with Crippen LogP contribution in [0.25, 0.3) is 0 Å². The molecule has 0 radical (unpaired) electrons. The number of anilines is 3. The molecule has 2 N–H and O–H groups in total. The van der Waals surface area contributed by atoms with Crippen molar-refractivity contribution in [3.8, 4) is 5.75 Å². The summed E-state index contributed by atoms with van der Waals surface area (Å²) in [5, 5.41) is 5.91. The van der Waals surface area contributed by atoms with Crippen LogP contribution < -0.4 is 15.4 Å². The first-order chi connectivity index (χ1) is 12.7. The Labute approximate surface area is 152 Å². The number of nitrogens with zero attached hydrogens (tertiary/aromatic N) is 2. The largest absolute Gasteiger partial charge is 0.495 e. The summed E-state index contributed by atoms with van der Waals surface area (Å²) in [6, 6.07) is 15.3. The van der Waals surface area contributed by atoms with Gasteiger partial charge in [-0.05, 0) is 36.2 Å². The summed E-state index contributed by atoms with van der Waals surface area (Å²) < 4.78 is 5.23. The van der Waals surface area contributed by atoms with Crippen molar-refractivity contribution in [3.63, 3.8) is 0 Å². The molecule has 0 aliphatic heterocycles. The topological polar surface area (TPSA) is 76.1 Å². The second-order valence-electron chi connectivity index (χ2n) is 5.63. The zero-order chi connectivity index (χ0) is 18.4. The van der Waals surface area contributed by atoms with Gasteiger partial charge in [0.05, 0.1) is 18.4 Å². The van der Waals surface area contributed by atoms with E-state index < -0.39 is 0 Å². The number of ether oxygens (including phenoxy) is 1. The van der Waals surface area contributed by atoms with Crippen molar-refractivity contribution in [2.45, 2.75) is 13.3 Å². The van der Waals surface area contributed by atoms with Gasteiger partial charge >= 0.3 is 0 Å². The maximum atomic E-state index is 12.4. The average molecular weight is 348 g/mol. The summed E-state index contributed by atoms with van der Waals surface area (Å²) >= 11 is 0. The molecule has 132 valence electrons. The fraction of sp³-hybridized carbons (Fsp3) is 0.150. The summed E-state index contributed by atoms with van der Waals surface area (Å²) in [6.07, 6.45) is 3.97. The van der Waals surface area contributed by atoms with E-state index in [1.165, 1.54) is 18.0 Å². The van der Waals surface area contributed by atoms with Gasteiger partial charge in [-0.25, -0.2) is 9.97 Å². The van der Waals surface area contributed by atoms with Crippen LogP contribution in [0, 0.1) is 0 Å². The van der Waals surface area contributed by atoms with E-state index in [4.69, 9.17) is 4.74 Å². The first-order valence-electron chi connectivity index (χ1n) is 8.32. The third kappa shape index (κ3) is 4.16. The molecule has 1 heterocycles. The van der Waals surface area contributed by atoms with Crippen LogP contribution in [0.15, 0.2) is 60.9 Å². The Bertz CT molecular complexity index is 877. The van der Waals surface area contributed by atoms with Crippen LogP contribution >= 0.6 is 0 Å². The minimum absolute atomic E-state index is 0.298. The number of aromatic nitrogens is 2. The molecule has 2 aromatic carbocycles. The smallest absolute Gasteiger partial charge is 0.258 e. The predicted molar refractivity (Wildman–Crippen MR) is 102 cm³/mol. The average Bonchev–Trinajstić information content (AvgIpc) is 2.69. The molecule has 6 heteroatoms. The maximum Gasteiger partial charge on any atom is 0.258 e. The molecule has 0 saturated carbocycles. The zero-order valence-electron chi connectivity index (χ0n) is 14.7. The third-order valence-electron chi connectivity index (χ3n) is 3.89. The molecule has 0 saturated heterocycles. The number of nitrogens with one attached hydrogen (secondary N) is 2. The first-order valence-corrected chi connectivity index (χ1v) is 8.32. The van der Waals surface area contributed by atoms with Crippen molar-refractivity contribution < 1.29 is 9.53 Å². The minimum atomic E-state index is -0.298. The van der Waals surface area contributed by atoms with Gasteiger partial charge in [0.15, 0.2) is 0 Å². The fourth-order valence-electron chi connectivity index (χ4n) is 2.41. The summed E-state index contributed by atoms with van der Waals surface area (Å²) in [6.45, 7) is 2.11. The SMILES string of the molecule is CCc1ccc(Nc2ncc(C(=O)Nc3ccccc3OC)cn2)cc1. The Kier molecular flexibility index (Phi) is 5.43. The molecule has 1 aromatic heterocycles. The number of para-hydroxylation sites is 2. The van der Waals surface area contributed by atoms with Crippen LogP contribution in [0.1, 0.15) is 22.8 Å². The molecule has 0 aliphatic carbocycles. The monoisotopic (exact) mass is 348 g/mol. The van der Waals surface area contributed by atoms with Crippen LogP contribution in [0.4, 0.5) is 17.3 Å². The quantitative estimate of drug-likeness (QED) is 0.703. The van der Waals surface area contributed by atoms with Gasteiger partial charge < -0.3 is 15.4 Å². The number of methoxy groups -OCH3 is 1. The van der Waals surface area contributed by atoms with Gasteiger partial charge in [0, 0.05) is 18.1 Å². The Hall–Kier alpha value is -3.41. The van der Waals surface area contributed by atoms with Gasteiger partial charge in [-0.2, -0.15) is 0 Å². The van der Waals surface area contributed by atoms with Gasteiger partial charge in [0.25, 0.3) is 5.91 Å². The molecule has 0 spiro atoms. The molecule has 3 rings (SSSR count). The normalized spacial score (nSPS) is 10.2. The lowest BCUT2D eigenvalue weighted by Crippen LogP contribution is -2.13. The van der Waals surface area contributed by atoms with E-state index in [-0.39, 0.29) is 5.91 Å². The summed E-state index contributed by atoms with van der Waals surface area (Å²) in [5.41, 5.74) is 3.12. The van der Waals surface area contributed by atoms with E-state index in [1.54, 1.807) is 19.2 Å². The predicted octanol–water partition coefficient (Wildman–Crippen LogP) is 4.04. The molecule has 1 amide bonds. The highest BCUT2D eigenvalue weighted by molar-refractivity contribution is 6.04. The number of carbonyl (C=O) groups excluding carboxylic acids is 1. The van der Waals surface area contributed by atoms with E-state index in [0.29, 0.717) is 22.9 Å². The van der Waals surface area contributed by atoms with Crippen molar-refractivity contribution in [2.24, 2.45) is 0 Å². The third-order valence-corrected chi connectivity index (χ3v) is 3.89. The van der Waals surface area contributed by atoms with E-state index in [1.807, 2.05) is 24.3 Å². The number of amides is 1. The number of carbonyl (C=O) groups is 1. The standard InChI is InChI=1S/C20H20N4O2/c1-3-14-8-10-16(11-9-14)23-20-21-12-15(13-22-20)19(25)24-17-6-4-5-7-18(17)26-2/h4-13H,3H2,1-2H3,(H,24,25)(H,21,22,23). The number of rotatable bonds is 6. The first kappa shape index (κ1) is 17.4. The number of benzene rings is 2. The lowest BCUT2D eigenvalue weighted by Gasteiger charge is -2.10. The lowest BCUT2D eigenvalue weighted by molar-refractivity contribution is 0.102. The van der Waals surface area contributed by atoms with Gasteiger partial charge in [-0.1, -0.05) is 31.2 Å². The van der Waals surface area contributed by atoms with Gasteiger partial charge in [0.2, 0.25) is 5.95 Å². The van der Waals surface area contributed by atoms with Crippen molar-refractivity contribution in [3.05, 3.63) is 72.1 Å². The lowest BCUT2D eigenvalue weighted by atomic mass is 10.1. The highest BCUT2D eigenvalue weighted by atomic mass is 16.5. The Balaban J connectivity index is 1.67. The van der Waals surface area contributed by atoms with Crippen LogP contribution in [0.5, 0.6) is 5.75 Å². The zero-order valence-corrected chi connectivity index (χ0v) is 14.7. The number of hydrogen-bond acceptors (Lipinski definition) is 5. The molecular weight excluding hydrogens is 328 g/mol. The molecule has 6 nitrogen and oxygen atoms in total. The number of hydrogen-bond donors (Lipinski definition) is 2. The summed E-state index contributed by atoms with van der Waals surface area (Å²) in [4.78, 5) is 20.8. The number of aryl methyl sites for hydroxylation is 1. The highest BCUT2D eigenvalue weighted by Gasteiger charge is 2.10. The summed E-state index contributed by atoms with van der Waals surface area (Å²) in [7, 11) is 1.56. The van der Waals surface area contributed by atoms with Crippen LogP contribution in [-0.2, 0) is 6.42 Å². The Morgan fingerprint density at radius 2 is 1.73 bits per heavy atom. The molecule has 0 aliphatic rings. The molecule has 0 unspecified atom stereocenters. The molecule has 3 aromatic rings. The van der Waals surface area contributed by atoms with Crippen molar-refractivity contribution in [2.75, 3.05) is 17.7 Å².